The summed E-state index contributed by atoms with van der Waals surface area (Å²) in [5.41, 5.74) is 7.26. The van der Waals surface area contributed by atoms with Crippen LogP contribution in [0, 0.1) is 5.92 Å². The van der Waals surface area contributed by atoms with Crippen molar-refractivity contribution in [1.82, 2.24) is 9.36 Å². The Morgan fingerprint density at radius 1 is 1.31 bits per heavy atom. The van der Waals surface area contributed by atoms with Gasteiger partial charge in [-0.15, -0.1) is 0 Å². The Bertz CT molecular complexity index is 452. The molecule has 1 aromatic rings. The van der Waals surface area contributed by atoms with Crippen molar-refractivity contribution in [2.45, 2.75) is 45.6 Å². The van der Waals surface area contributed by atoms with Crippen LogP contribution in [0.1, 0.15) is 51.3 Å². The molecular formula is C12H21N3O. The molecule has 0 bridgehead atoms. The highest BCUT2D eigenvalue weighted by Gasteiger charge is 2.32. The lowest BCUT2D eigenvalue weighted by Crippen LogP contribution is -2.27. The van der Waals surface area contributed by atoms with Gasteiger partial charge in [-0.25, -0.2) is 4.68 Å². The molecule has 4 nitrogen and oxygen atoms in total. The van der Waals surface area contributed by atoms with E-state index in [0.29, 0.717) is 11.6 Å². The maximum absolute atomic E-state index is 12.1. The van der Waals surface area contributed by atoms with Crippen molar-refractivity contribution in [2.24, 2.45) is 13.0 Å². The molecule has 4 heteroatoms. The van der Waals surface area contributed by atoms with Crippen LogP contribution in [0.5, 0.6) is 0 Å². The lowest BCUT2D eigenvalue weighted by atomic mass is 10.1. The van der Waals surface area contributed by atoms with Crippen molar-refractivity contribution in [2.75, 3.05) is 5.73 Å². The minimum atomic E-state index is -0.0226. The maximum atomic E-state index is 12.1. The molecule has 1 atom stereocenters. The highest BCUT2D eigenvalue weighted by atomic mass is 16.1. The Hall–Kier alpha value is -1.19. The van der Waals surface area contributed by atoms with Crippen LogP contribution < -0.4 is 11.3 Å². The highest BCUT2D eigenvalue weighted by molar-refractivity contribution is 5.43. The normalized spacial score (nSPS) is 18.1. The van der Waals surface area contributed by atoms with E-state index >= 15 is 0 Å². The second kappa shape index (κ2) is 3.68. The van der Waals surface area contributed by atoms with Gasteiger partial charge in [0.1, 0.15) is 5.69 Å². The average Bonchev–Trinajstić information content (AvgIpc) is 2.96. The van der Waals surface area contributed by atoms with E-state index in [1.54, 1.807) is 0 Å². The molecule has 1 aromatic heterocycles. The molecular weight excluding hydrogens is 202 g/mol. The summed E-state index contributed by atoms with van der Waals surface area (Å²) in [6, 6.07) is 0.271. The third kappa shape index (κ3) is 1.56. The summed E-state index contributed by atoms with van der Waals surface area (Å²) in [5, 5.41) is 0. The largest absolute Gasteiger partial charge is 0.393 e. The molecule has 1 aliphatic rings. The highest BCUT2D eigenvalue weighted by Crippen LogP contribution is 2.39. The fourth-order valence-corrected chi connectivity index (χ4v) is 2.58. The van der Waals surface area contributed by atoms with Gasteiger partial charge in [-0.3, -0.25) is 9.48 Å². The number of rotatable bonds is 3. The molecule has 0 saturated heterocycles. The minimum Gasteiger partial charge on any atom is -0.393 e. The van der Waals surface area contributed by atoms with Crippen molar-refractivity contribution in [3.63, 3.8) is 0 Å². The fourth-order valence-electron chi connectivity index (χ4n) is 2.58. The number of aromatic nitrogens is 2. The van der Waals surface area contributed by atoms with Crippen molar-refractivity contribution >= 4 is 5.69 Å². The van der Waals surface area contributed by atoms with Gasteiger partial charge in [0.2, 0.25) is 0 Å². The van der Waals surface area contributed by atoms with Gasteiger partial charge >= 0.3 is 0 Å². The first-order chi connectivity index (χ1) is 7.45. The molecule has 1 aliphatic carbocycles. The summed E-state index contributed by atoms with van der Waals surface area (Å²) in [7, 11) is 1.94. The summed E-state index contributed by atoms with van der Waals surface area (Å²) >= 11 is 0. The molecule has 1 saturated carbocycles. The van der Waals surface area contributed by atoms with E-state index in [0.717, 1.165) is 5.69 Å². The molecule has 16 heavy (non-hydrogen) atoms. The third-order valence-corrected chi connectivity index (χ3v) is 3.62. The number of hydrogen-bond acceptors (Lipinski definition) is 2. The minimum absolute atomic E-state index is 0.0226. The summed E-state index contributed by atoms with van der Waals surface area (Å²) in [5.74, 6) is 0.941. The predicted octanol–water partition coefficient (Wildman–Crippen LogP) is 1.86. The van der Waals surface area contributed by atoms with Gasteiger partial charge in [0.25, 0.3) is 5.56 Å². The molecule has 2 N–H and O–H groups in total. The van der Waals surface area contributed by atoms with Crippen LogP contribution in [-0.2, 0) is 7.05 Å². The molecule has 1 fully saturated rings. The smallest absolute Gasteiger partial charge is 0.290 e. The van der Waals surface area contributed by atoms with Crippen molar-refractivity contribution in [1.29, 1.82) is 0 Å². The fraction of sp³-hybridized carbons (Fsp3) is 0.750. The molecule has 2 rings (SSSR count). The Balaban J connectivity index is 2.53. The first kappa shape index (κ1) is 11.3. The van der Waals surface area contributed by atoms with Crippen LogP contribution in [-0.4, -0.2) is 9.36 Å². The van der Waals surface area contributed by atoms with E-state index in [1.165, 1.54) is 12.8 Å². The Morgan fingerprint density at radius 3 is 2.25 bits per heavy atom. The average molecular weight is 223 g/mol. The van der Waals surface area contributed by atoms with Gasteiger partial charge < -0.3 is 5.73 Å². The molecule has 0 spiro atoms. The summed E-state index contributed by atoms with van der Waals surface area (Å²) < 4.78 is 3.77. The Labute approximate surface area is 96.0 Å². The zero-order valence-electron chi connectivity index (χ0n) is 10.5. The van der Waals surface area contributed by atoms with Crippen LogP contribution in [0.15, 0.2) is 4.79 Å². The second-order valence-electron chi connectivity index (χ2n) is 5.20. The quantitative estimate of drug-likeness (QED) is 0.850. The van der Waals surface area contributed by atoms with Crippen molar-refractivity contribution in [3.8, 4) is 0 Å². The zero-order valence-corrected chi connectivity index (χ0v) is 10.5. The van der Waals surface area contributed by atoms with Gasteiger partial charge in [-0.05, 0) is 31.6 Å². The van der Waals surface area contributed by atoms with Gasteiger partial charge in [-0.1, -0.05) is 13.8 Å². The summed E-state index contributed by atoms with van der Waals surface area (Å²) in [6.07, 6.45) is 2.46. The molecule has 90 valence electrons. The maximum Gasteiger partial charge on any atom is 0.290 e. The molecule has 0 amide bonds. The molecule has 0 aliphatic heterocycles. The Kier molecular flexibility index (Phi) is 2.60. The molecule has 1 heterocycles. The zero-order chi connectivity index (χ0) is 12.0. The van der Waals surface area contributed by atoms with Crippen LogP contribution in [0.25, 0.3) is 0 Å². The number of nitrogens with two attached hydrogens (primary N) is 1. The predicted molar refractivity (Wildman–Crippen MR) is 65.6 cm³/mol. The van der Waals surface area contributed by atoms with E-state index in [9.17, 15) is 4.79 Å². The van der Waals surface area contributed by atoms with Crippen LogP contribution in [0.3, 0.4) is 0 Å². The van der Waals surface area contributed by atoms with Crippen LogP contribution >= 0.6 is 0 Å². The standard InChI is InChI=1S/C12H21N3O/c1-7(2)11-10(13)12(16)15(14(11)4)8(3)9-5-6-9/h7-9H,5-6,13H2,1-4H3. The van der Waals surface area contributed by atoms with Crippen molar-refractivity contribution < 1.29 is 0 Å². The second-order valence-corrected chi connectivity index (χ2v) is 5.20. The monoisotopic (exact) mass is 223 g/mol. The number of nitrogen functional groups attached to an aromatic ring is 1. The third-order valence-electron chi connectivity index (χ3n) is 3.62. The lowest BCUT2D eigenvalue weighted by Gasteiger charge is -2.17. The summed E-state index contributed by atoms with van der Waals surface area (Å²) in [4.78, 5) is 12.1. The van der Waals surface area contributed by atoms with Crippen LogP contribution in [0.4, 0.5) is 5.69 Å². The lowest BCUT2D eigenvalue weighted by molar-refractivity contribution is 0.367. The van der Waals surface area contributed by atoms with E-state index in [2.05, 4.69) is 20.8 Å². The van der Waals surface area contributed by atoms with Gasteiger partial charge in [0.05, 0.1) is 11.7 Å². The first-order valence-electron chi connectivity index (χ1n) is 6.02. The van der Waals surface area contributed by atoms with E-state index in [4.69, 9.17) is 5.73 Å². The van der Waals surface area contributed by atoms with E-state index in [1.807, 2.05) is 16.4 Å². The number of anilines is 1. The summed E-state index contributed by atoms with van der Waals surface area (Å²) in [6.45, 7) is 6.25. The molecule has 1 unspecified atom stereocenters. The van der Waals surface area contributed by atoms with Gasteiger partial charge in [-0.2, -0.15) is 0 Å². The number of nitrogens with zero attached hydrogens (tertiary/aromatic N) is 2. The van der Waals surface area contributed by atoms with Gasteiger partial charge in [0, 0.05) is 7.05 Å². The molecule has 0 aromatic carbocycles. The van der Waals surface area contributed by atoms with E-state index < -0.39 is 0 Å². The Morgan fingerprint density at radius 2 is 1.88 bits per heavy atom. The molecule has 0 radical (unpaired) electrons. The van der Waals surface area contributed by atoms with E-state index in [-0.39, 0.29) is 17.5 Å². The topological polar surface area (TPSA) is 53.0 Å². The van der Waals surface area contributed by atoms with Gasteiger partial charge in [0.15, 0.2) is 0 Å². The first-order valence-corrected chi connectivity index (χ1v) is 6.02. The van der Waals surface area contributed by atoms with Crippen LogP contribution in [0.2, 0.25) is 0 Å². The number of hydrogen-bond donors (Lipinski definition) is 1. The van der Waals surface area contributed by atoms with Crippen molar-refractivity contribution in [3.05, 3.63) is 16.0 Å². The SMILES string of the molecule is CC(C)c1c(N)c(=O)n(C(C)C2CC2)n1C.